The Labute approximate surface area is 123 Å². The Morgan fingerprint density at radius 2 is 1.95 bits per heavy atom. The summed E-state index contributed by atoms with van der Waals surface area (Å²) < 4.78 is 14.6. The van der Waals surface area contributed by atoms with E-state index in [1.807, 2.05) is 6.92 Å². The molecule has 1 aromatic carbocycles. The summed E-state index contributed by atoms with van der Waals surface area (Å²) in [6.07, 6.45) is 3.30. The summed E-state index contributed by atoms with van der Waals surface area (Å²) in [5.74, 6) is -0.508. The summed E-state index contributed by atoms with van der Waals surface area (Å²) in [6.45, 7) is 1.88. The average molecular weight is 290 g/mol. The van der Waals surface area contributed by atoms with Crippen LogP contribution in [0.15, 0.2) is 36.7 Å². The standard InChI is InChI=1S/C15H19FN4O/c1-10(11-4-6-13(16)7-5-11)20(3)15(21)14(17)12-8-18-19(2)9-12/h4-10,14H,17H2,1-3H3. The number of nitrogens with zero attached hydrogens (tertiary/aromatic N) is 3. The number of rotatable bonds is 4. The largest absolute Gasteiger partial charge is 0.337 e. The number of hydrogen-bond acceptors (Lipinski definition) is 3. The quantitative estimate of drug-likeness (QED) is 0.933. The molecule has 0 radical (unpaired) electrons. The van der Waals surface area contributed by atoms with Gasteiger partial charge in [0.05, 0.1) is 12.2 Å². The molecule has 1 amide bonds. The monoisotopic (exact) mass is 290 g/mol. The predicted octanol–water partition coefficient (Wildman–Crippen LogP) is 1.78. The smallest absolute Gasteiger partial charge is 0.244 e. The van der Waals surface area contributed by atoms with E-state index in [4.69, 9.17) is 5.73 Å². The molecule has 2 unspecified atom stereocenters. The van der Waals surface area contributed by atoms with Crippen molar-refractivity contribution in [3.05, 3.63) is 53.6 Å². The van der Waals surface area contributed by atoms with Crippen molar-refractivity contribution in [3.63, 3.8) is 0 Å². The molecule has 0 saturated heterocycles. The van der Waals surface area contributed by atoms with Gasteiger partial charge in [-0.05, 0) is 24.6 Å². The molecule has 5 nitrogen and oxygen atoms in total. The summed E-state index contributed by atoms with van der Waals surface area (Å²) in [6, 6.07) is 5.14. The SMILES string of the molecule is CC(c1ccc(F)cc1)N(C)C(=O)C(N)c1cnn(C)c1. The fourth-order valence-electron chi connectivity index (χ4n) is 2.12. The van der Waals surface area contributed by atoms with E-state index in [1.54, 1.807) is 48.2 Å². The summed E-state index contributed by atoms with van der Waals surface area (Å²) in [5, 5.41) is 4.02. The summed E-state index contributed by atoms with van der Waals surface area (Å²) >= 11 is 0. The third kappa shape index (κ3) is 3.28. The van der Waals surface area contributed by atoms with E-state index in [1.165, 1.54) is 12.1 Å². The Kier molecular flexibility index (Phi) is 4.37. The van der Waals surface area contributed by atoms with Crippen LogP contribution in [0.25, 0.3) is 0 Å². The van der Waals surface area contributed by atoms with E-state index >= 15 is 0 Å². The first-order valence-corrected chi connectivity index (χ1v) is 6.66. The van der Waals surface area contributed by atoms with E-state index in [2.05, 4.69) is 5.10 Å². The molecule has 2 aromatic rings. The molecule has 0 aliphatic heterocycles. The lowest BCUT2D eigenvalue weighted by molar-refractivity contribution is -0.133. The zero-order valence-electron chi connectivity index (χ0n) is 12.3. The molecule has 2 N–H and O–H groups in total. The molecule has 0 bridgehead atoms. The van der Waals surface area contributed by atoms with Crippen molar-refractivity contribution in [2.24, 2.45) is 12.8 Å². The summed E-state index contributed by atoms with van der Waals surface area (Å²) in [5.41, 5.74) is 7.51. The van der Waals surface area contributed by atoms with E-state index < -0.39 is 6.04 Å². The highest BCUT2D eigenvalue weighted by molar-refractivity contribution is 5.83. The predicted molar refractivity (Wildman–Crippen MR) is 77.7 cm³/mol. The Morgan fingerprint density at radius 3 is 2.48 bits per heavy atom. The van der Waals surface area contributed by atoms with Gasteiger partial charge in [-0.1, -0.05) is 12.1 Å². The molecule has 0 aliphatic rings. The molecule has 0 saturated carbocycles. The van der Waals surface area contributed by atoms with Gasteiger partial charge in [0.25, 0.3) is 0 Å². The molecule has 2 rings (SSSR count). The van der Waals surface area contributed by atoms with Crippen molar-refractivity contribution in [1.29, 1.82) is 0 Å². The summed E-state index contributed by atoms with van der Waals surface area (Å²) in [7, 11) is 3.46. The third-order valence-corrected chi connectivity index (χ3v) is 3.63. The van der Waals surface area contributed by atoms with E-state index in [-0.39, 0.29) is 17.8 Å². The van der Waals surface area contributed by atoms with Gasteiger partial charge in [0.2, 0.25) is 5.91 Å². The van der Waals surface area contributed by atoms with Crippen molar-refractivity contribution < 1.29 is 9.18 Å². The van der Waals surface area contributed by atoms with Gasteiger partial charge in [0.15, 0.2) is 0 Å². The minimum absolute atomic E-state index is 0.194. The number of hydrogen-bond donors (Lipinski definition) is 1. The second-order valence-corrected chi connectivity index (χ2v) is 5.10. The molecule has 0 aliphatic carbocycles. The topological polar surface area (TPSA) is 64.2 Å². The first-order valence-electron chi connectivity index (χ1n) is 6.66. The van der Waals surface area contributed by atoms with Gasteiger partial charge in [0, 0.05) is 25.9 Å². The van der Waals surface area contributed by atoms with Crippen LogP contribution >= 0.6 is 0 Å². The zero-order chi connectivity index (χ0) is 15.6. The Hall–Kier alpha value is -2.21. The lowest BCUT2D eigenvalue weighted by atomic mass is 10.1. The number of benzene rings is 1. The number of carbonyl (C=O) groups excluding carboxylic acids is 1. The van der Waals surface area contributed by atoms with Gasteiger partial charge in [0.1, 0.15) is 11.9 Å². The maximum Gasteiger partial charge on any atom is 0.244 e. The van der Waals surface area contributed by atoms with Gasteiger partial charge < -0.3 is 10.6 Å². The normalized spacial score (nSPS) is 13.8. The van der Waals surface area contributed by atoms with E-state index in [0.29, 0.717) is 5.56 Å². The summed E-state index contributed by atoms with van der Waals surface area (Å²) in [4.78, 5) is 14.0. The van der Waals surface area contributed by atoms with Crippen LogP contribution in [0.1, 0.15) is 30.1 Å². The van der Waals surface area contributed by atoms with E-state index in [9.17, 15) is 9.18 Å². The second kappa shape index (κ2) is 6.05. The third-order valence-electron chi connectivity index (χ3n) is 3.63. The first-order chi connectivity index (χ1) is 9.90. The first kappa shape index (κ1) is 15.2. The Balaban J connectivity index is 2.12. The maximum absolute atomic E-state index is 13.0. The fourth-order valence-corrected chi connectivity index (χ4v) is 2.12. The van der Waals surface area contributed by atoms with Crippen molar-refractivity contribution >= 4 is 5.91 Å². The number of nitrogens with two attached hydrogens (primary N) is 1. The highest BCUT2D eigenvalue weighted by Crippen LogP contribution is 2.22. The average Bonchev–Trinajstić information content (AvgIpc) is 2.91. The molecule has 1 heterocycles. The van der Waals surface area contributed by atoms with Crippen LogP contribution in [0.3, 0.4) is 0 Å². The number of carbonyl (C=O) groups is 1. The Bertz CT molecular complexity index is 623. The van der Waals surface area contributed by atoms with Crippen LogP contribution in [-0.4, -0.2) is 27.6 Å². The number of amides is 1. The van der Waals surface area contributed by atoms with Crippen molar-refractivity contribution in [2.45, 2.75) is 19.0 Å². The molecule has 6 heteroatoms. The molecule has 0 spiro atoms. The van der Waals surface area contributed by atoms with Gasteiger partial charge in [-0.3, -0.25) is 9.48 Å². The van der Waals surface area contributed by atoms with Crippen molar-refractivity contribution in [3.8, 4) is 0 Å². The lowest BCUT2D eigenvalue weighted by Crippen LogP contribution is -2.37. The molecule has 21 heavy (non-hydrogen) atoms. The van der Waals surface area contributed by atoms with Crippen LogP contribution in [0.2, 0.25) is 0 Å². The molecule has 0 fully saturated rings. The van der Waals surface area contributed by atoms with Gasteiger partial charge >= 0.3 is 0 Å². The van der Waals surface area contributed by atoms with Crippen LogP contribution < -0.4 is 5.73 Å². The number of aromatic nitrogens is 2. The Morgan fingerprint density at radius 1 is 1.33 bits per heavy atom. The van der Waals surface area contributed by atoms with Crippen molar-refractivity contribution in [1.82, 2.24) is 14.7 Å². The minimum Gasteiger partial charge on any atom is -0.337 e. The van der Waals surface area contributed by atoms with Crippen LogP contribution in [0.5, 0.6) is 0 Å². The number of likely N-dealkylation sites (N-methyl/N-ethyl adjacent to an activating group) is 1. The zero-order valence-corrected chi connectivity index (χ0v) is 12.3. The number of aryl methyl sites for hydroxylation is 1. The molecule has 112 valence electrons. The minimum atomic E-state index is -0.758. The molecular weight excluding hydrogens is 271 g/mol. The molecular formula is C15H19FN4O. The molecule has 2 atom stereocenters. The van der Waals surface area contributed by atoms with Gasteiger partial charge in [-0.2, -0.15) is 5.10 Å². The van der Waals surface area contributed by atoms with Crippen LogP contribution in [-0.2, 0) is 11.8 Å². The lowest BCUT2D eigenvalue weighted by Gasteiger charge is -2.27. The fraction of sp³-hybridized carbons (Fsp3) is 0.333. The highest BCUT2D eigenvalue weighted by Gasteiger charge is 2.25. The van der Waals surface area contributed by atoms with Gasteiger partial charge in [-0.15, -0.1) is 0 Å². The number of halogens is 1. The highest BCUT2D eigenvalue weighted by atomic mass is 19.1. The van der Waals surface area contributed by atoms with Crippen molar-refractivity contribution in [2.75, 3.05) is 7.05 Å². The van der Waals surface area contributed by atoms with Crippen LogP contribution in [0.4, 0.5) is 4.39 Å². The van der Waals surface area contributed by atoms with E-state index in [0.717, 1.165) is 5.56 Å². The van der Waals surface area contributed by atoms with Gasteiger partial charge in [-0.25, -0.2) is 4.39 Å². The van der Waals surface area contributed by atoms with Crippen LogP contribution in [0, 0.1) is 5.82 Å². The second-order valence-electron chi connectivity index (χ2n) is 5.10. The maximum atomic E-state index is 13.0. The molecule has 1 aromatic heterocycles.